The predicted octanol–water partition coefficient (Wildman–Crippen LogP) is 4.85. The molecule has 0 spiro atoms. The van der Waals surface area contributed by atoms with E-state index in [1.165, 1.54) is 28.8 Å². The van der Waals surface area contributed by atoms with Gasteiger partial charge in [0.25, 0.3) is 5.56 Å². The molecule has 0 fully saturated rings. The minimum absolute atomic E-state index is 0.00241. The maximum absolute atomic E-state index is 13.7. The fourth-order valence-corrected chi connectivity index (χ4v) is 4.45. The second-order valence-corrected chi connectivity index (χ2v) is 8.76. The van der Waals surface area contributed by atoms with E-state index in [2.05, 4.69) is 0 Å². The van der Waals surface area contributed by atoms with Gasteiger partial charge in [0.05, 0.1) is 17.7 Å². The van der Waals surface area contributed by atoms with Crippen LogP contribution in [0.1, 0.15) is 34.8 Å². The van der Waals surface area contributed by atoms with Gasteiger partial charge in [0.2, 0.25) is 0 Å². The topological polar surface area (TPSA) is 90.2 Å². The second kappa shape index (κ2) is 10.5. The van der Waals surface area contributed by atoms with Crippen LogP contribution in [0.2, 0.25) is 0 Å². The zero-order chi connectivity index (χ0) is 26.7. The molecular weight excluding hydrogens is 483 g/mol. The minimum Gasteiger partial charge on any atom is -0.508 e. The molecule has 0 saturated heterocycles. The van der Waals surface area contributed by atoms with E-state index in [0.717, 1.165) is 10.6 Å². The summed E-state index contributed by atoms with van der Waals surface area (Å²) < 4.78 is 43.2. The van der Waals surface area contributed by atoms with Crippen molar-refractivity contribution in [2.75, 3.05) is 0 Å². The molecule has 4 rings (SSSR count). The van der Waals surface area contributed by atoms with Gasteiger partial charge in [-0.2, -0.15) is 13.2 Å². The van der Waals surface area contributed by atoms with Gasteiger partial charge >= 0.3 is 11.9 Å². The van der Waals surface area contributed by atoms with E-state index in [0.29, 0.717) is 11.1 Å². The first kappa shape index (κ1) is 26.0. The highest BCUT2D eigenvalue weighted by Gasteiger charge is 2.33. The van der Waals surface area contributed by atoms with E-state index in [-0.39, 0.29) is 42.1 Å². The number of phenols is 1. The van der Waals surface area contributed by atoms with Gasteiger partial charge in [-0.15, -0.1) is 0 Å². The number of aromatic hydroxyl groups is 1. The van der Waals surface area contributed by atoms with Crippen molar-refractivity contribution in [3.8, 4) is 16.9 Å². The van der Waals surface area contributed by atoms with Crippen molar-refractivity contribution in [2.45, 2.75) is 38.7 Å². The number of alkyl halides is 3. The van der Waals surface area contributed by atoms with Gasteiger partial charge in [-0.25, -0.2) is 4.79 Å². The molecular formula is C28H26F3N3O3. The molecule has 1 unspecified atom stereocenters. The molecule has 1 aromatic heterocycles. The van der Waals surface area contributed by atoms with Crippen molar-refractivity contribution in [3.63, 3.8) is 0 Å². The Balaban J connectivity index is 1.83. The third-order valence-corrected chi connectivity index (χ3v) is 6.40. The maximum atomic E-state index is 13.7. The second-order valence-electron chi connectivity index (χ2n) is 8.76. The molecule has 6 nitrogen and oxygen atoms in total. The third-order valence-electron chi connectivity index (χ3n) is 6.40. The van der Waals surface area contributed by atoms with Crippen molar-refractivity contribution < 1.29 is 18.3 Å². The van der Waals surface area contributed by atoms with E-state index in [4.69, 9.17) is 5.73 Å². The Morgan fingerprint density at radius 1 is 0.892 bits per heavy atom. The summed E-state index contributed by atoms with van der Waals surface area (Å²) in [5.74, 6) is -0.00241. The largest absolute Gasteiger partial charge is 0.508 e. The highest BCUT2D eigenvalue weighted by atomic mass is 19.4. The van der Waals surface area contributed by atoms with Crippen LogP contribution in [-0.2, 0) is 19.3 Å². The van der Waals surface area contributed by atoms with Crippen LogP contribution in [0.4, 0.5) is 13.2 Å². The molecule has 1 heterocycles. The highest BCUT2D eigenvalue weighted by molar-refractivity contribution is 5.64. The third kappa shape index (κ3) is 5.36. The molecule has 0 radical (unpaired) electrons. The number of halogens is 3. The first-order chi connectivity index (χ1) is 17.6. The van der Waals surface area contributed by atoms with Crippen molar-refractivity contribution in [2.24, 2.45) is 5.73 Å². The summed E-state index contributed by atoms with van der Waals surface area (Å²) in [6, 6.07) is 19.6. The molecule has 1 atom stereocenters. The van der Waals surface area contributed by atoms with E-state index in [1.54, 1.807) is 55.5 Å². The smallest absolute Gasteiger partial charge is 0.416 e. The first-order valence-electron chi connectivity index (χ1n) is 11.7. The Morgan fingerprint density at radius 3 is 2.19 bits per heavy atom. The van der Waals surface area contributed by atoms with E-state index < -0.39 is 29.0 Å². The van der Waals surface area contributed by atoms with Gasteiger partial charge < -0.3 is 10.8 Å². The van der Waals surface area contributed by atoms with Crippen LogP contribution in [0.25, 0.3) is 11.1 Å². The fourth-order valence-electron chi connectivity index (χ4n) is 4.45. The van der Waals surface area contributed by atoms with Crippen LogP contribution < -0.4 is 17.0 Å². The van der Waals surface area contributed by atoms with Crippen LogP contribution in [0.5, 0.6) is 5.75 Å². The number of phenolic OH excluding ortho intramolecular Hbond substituents is 1. The molecule has 37 heavy (non-hydrogen) atoms. The highest BCUT2D eigenvalue weighted by Crippen LogP contribution is 2.32. The summed E-state index contributed by atoms with van der Waals surface area (Å²) in [6.45, 7) is 1.10. The van der Waals surface area contributed by atoms with Gasteiger partial charge in [-0.3, -0.25) is 13.9 Å². The number of benzene rings is 3. The lowest BCUT2D eigenvalue weighted by Gasteiger charge is -2.20. The van der Waals surface area contributed by atoms with E-state index in [9.17, 15) is 27.9 Å². The lowest BCUT2D eigenvalue weighted by Crippen LogP contribution is -2.43. The zero-order valence-corrected chi connectivity index (χ0v) is 20.1. The normalized spacial score (nSPS) is 12.5. The van der Waals surface area contributed by atoms with Crippen molar-refractivity contribution in [3.05, 3.63) is 122 Å². The van der Waals surface area contributed by atoms with Crippen molar-refractivity contribution in [1.82, 2.24) is 9.13 Å². The standard InChI is InChI=1S/C28H26F3N3O3/c1-18-25(19-9-3-2-4-10-19)26(36)33(16-15-23(32)21-12-6-8-14-24(21)35)27(37)34(18)17-20-11-5-7-13-22(20)28(29,30)31/h2-14,23,35H,15-17,32H2,1H3. The van der Waals surface area contributed by atoms with Crippen molar-refractivity contribution >= 4 is 0 Å². The summed E-state index contributed by atoms with van der Waals surface area (Å²) >= 11 is 0. The number of nitrogens with zero attached hydrogens (tertiary/aromatic N) is 2. The number of aromatic nitrogens is 2. The van der Waals surface area contributed by atoms with Gasteiger partial charge in [0.1, 0.15) is 5.75 Å². The number of hydrogen-bond donors (Lipinski definition) is 2. The van der Waals surface area contributed by atoms with Crippen molar-refractivity contribution in [1.29, 1.82) is 0 Å². The number of para-hydroxylation sites is 1. The molecule has 3 aromatic carbocycles. The lowest BCUT2D eigenvalue weighted by molar-refractivity contribution is -0.138. The molecule has 0 aliphatic rings. The van der Waals surface area contributed by atoms with E-state index in [1.807, 2.05) is 0 Å². The summed E-state index contributed by atoms with van der Waals surface area (Å²) in [7, 11) is 0. The molecule has 0 amide bonds. The molecule has 3 N–H and O–H groups in total. The van der Waals surface area contributed by atoms with Crippen LogP contribution in [0.3, 0.4) is 0 Å². The van der Waals surface area contributed by atoms with Gasteiger partial charge in [0.15, 0.2) is 0 Å². The fraction of sp³-hybridized carbons (Fsp3) is 0.214. The molecule has 0 aliphatic carbocycles. The molecule has 0 saturated carbocycles. The Morgan fingerprint density at radius 2 is 1.51 bits per heavy atom. The maximum Gasteiger partial charge on any atom is 0.416 e. The average molecular weight is 510 g/mol. The summed E-state index contributed by atoms with van der Waals surface area (Å²) in [5, 5.41) is 10.1. The Labute approximate surface area is 211 Å². The minimum atomic E-state index is -4.60. The molecule has 9 heteroatoms. The SMILES string of the molecule is Cc1c(-c2ccccc2)c(=O)n(CCC(N)c2ccccc2O)c(=O)n1Cc1ccccc1C(F)(F)F. The molecule has 0 aliphatic heterocycles. The molecule has 4 aromatic rings. The van der Waals surface area contributed by atoms with Gasteiger partial charge in [-0.1, -0.05) is 66.7 Å². The predicted molar refractivity (Wildman–Crippen MR) is 135 cm³/mol. The summed E-state index contributed by atoms with van der Waals surface area (Å²) in [4.78, 5) is 27.1. The molecule has 192 valence electrons. The van der Waals surface area contributed by atoms with Crippen LogP contribution >= 0.6 is 0 Å². The Hall–Kier alpha value is -4.11. The average Bonchev–Trinajstić information content (AvgIpc) is 2.87. The Kier molecular flexibility index (Phi) is 7.35. The van der Waals surface area contributed by atoms with E-state index >= 15 is 0 Å². The number of nitrogens with two attached hydrogens (primary N) is 1. The van der Waals surface area contributed by atoms with Crippen LogP contribution in [-0.4, -0.2) is 14.2 Å². The molecule has 0 bridgehead atoms. The zero-order valence-electron chi connectivity index (χ0n) is 20.1. The first-order valence-corrected chi connectivity index (χ1v) is 11.7. The van der Waals surface area contributed by atoms with Gasteiger partial charge in [-0.05, 0) is 36.6 Å². The quantitative estimate of drug-likeness (QED) is 0.373. The van der Waals surface area contributed by atoms with Crippen LogP contribution in [0.15, 0.2) is 88.5 Å². The van der Waals surface area contributed by atoms with Gasteiger partial charge in [0, 0.05) is 23.8 Å². The summed E-state index contributed by atoms with van der Waals surface area (Å²) in [6.07, 6.45) is -4.46. The Bertz CT molecular complexity index is 1530. The summed E-state index contributed by atoms with van der Waals surface area (Å²) in [5.41, 5.74) is 5.51. The van der Waals surface area contributed by atoms with Crippen LogP contribution in [0, 0.1) is 6.92 Å². The lowest BCUT2D eigenvalue weighted by atomic mass is 10.0. The number of rotatable bonds is 7. The monoisotopic (exact) mass is 509 g/mol. The number of hydrogen-bond acceptors (Lipinski definition) is 4.